The third-order valence-electron chi connectivity index (χ3n) is 2.83. The highest BCUT2D eigenvalue weighted by atomic mass is 16.2. The van der Waals surface area contributed by atoms with Gasteiger partial charge in [0.15, 0.2) is 0 Å². The quantitative estimate of drug-likeness (QED) is 0.751. The second kappa shape index (κ2) is 4.64. The Bertz CT molecular complexity index is 263. The minimum Gasteiger partial charge on any atom is -0.342 e. The standard InChI is InChI=1S/C11H20N2O2/c1-5-6-13-8(4)10(14)12-9(7(2)3)11(13)15/h7-9H,5-6H2,1-4H3,(H,12,14). The summed E-state index contributed by atoms with van der Waals surface area (Å²) in [5, 5.41) is 2.77. The zero-order chi connectivity index (χ0) is 11.6. The van der Waals surface area contributed by atoms with E-state index in [1.807, 2.05) is 20.8 Å². The summed E-state index contributed by atoms with van der Waals surface area (Å²) in [7, 11) is 0. The van der Waals surface area contributed by atoms with E-state index in [-0.39, 0.29) is 29.8 Å². The van der Waals surface area contributed by atoms with E-state index in [9.17, 15) is 9.59 Å². The van der Waals surface area contributed by atoms with Gasteiger partial charge >= 0.3 is 0 Å². The summed E-state index contributed by atoms with van der Waals surface area (Å²) >= 11 is 0. The number of carbonyl (C=O) groups is 2. The topological polar surface area (TPSA) is 49.4 Å². The highest BCUT2D eigenvalue weighted by Crippen LogP contribution is 2.15. The van der Waals surface area contributed by atoms with Crippen molar-refractivity contribution in [2.24, 2.45) is 5.92 Å². The molecule has 0 saturated carbocycles. The predicted molar refractivity (Wildman–Crippen MR) is 58.2 cm³/mol. The Labute approximate surface area is 91.0 Å². The summed E-state index contributed by atoms with van der Waals surface area (Å²) in [5.41, 5.74) is 0. The Morgan fingerprint density at radius 2 is 2.00 bits per heavy atom. The van der Waals surface area contributed by atoms with Crippen LogP contribution in [0.1, 0.15) is 34.1 Å². The number of amides is 2. The van der Waals surface area contributed by atoms with Crippen LogP contribution in [0.25, 0.3) is 0 Å². The number of nitrogens with zero attached hydrogens (tertiary/aromatic N) is 1. The molecule has 0 aromatic rings. The van der Waals surface area contributed by atoms with Crippen molar-refractivity contribution in [2.45, 2.75) is 46.2 Å². The van der Waals surface area contributed by atoms with Gasteiger partial charge in [0.05, 0.1) is 0 Å². The van der Waals surface area contributed by atoms with Crippen molar-refractivity contribution < 1.29 is 9.59 Å². The fraction of sp³-hybridized carbons (Fsp3) is 0.818. The predicted octanol–water partition coefficient (Wildman–Crippen LogP) is 0.768. The van der Waals surface area contributed by atoms with Gasteiger partial charge in [-0.25, -0.2) is 0 Å². The van der Waals surface area contributed by atoms with Crippen LogP contribution in [0.5, 0.6) is 0 Å². The van der Waals surface area contributed by atoms with Gasteiger partial charge in [0.2, 0.25) is 11.8 Å². The van der Waals surface area contributed by atoms with E-state index in [4.69, 9.17) is 0 Å². The Morgan fingerprint density at radius 3 is 2.47 bits per heavy atom. The van der Waals surface area contributed by atoms with E-state index >= 15 is 0 Å². The van der Waals surface area contributed by atoms with Gasteiger partial charge < -0.3 is 10.2 Å². The molecule has 0 spiro atoms. The first-order valence-corrected chi connectivity index (χ1v) is 5.59. The minimum absolute atomic E-state index is 0.0400. The summed E-state index contributed by atoms with van der Waals surface area (Å²) in [6, 6.07) is -0.673. The van der Waals surface area contributed by atoms with Crippen molar-refractivity contribution in [3.05, 3.63) is 0 Å². The molecule has 1 aliphatic rings. The third-order valence-corrected chi connectivity index (χ3v) is 2.83. The molecule has 1 saturated heterocycles. The maximum atomic E-state index is 12.0. The molecule has 1 fully saturated rings. The molecule has 1 rings (SSSR count). The molecule has 0 aromatic heterocycles. The van der Waals surface area contributed by atoms with Crippen LogP contribution >= 0.6 is 0 Å². The summed E-state index contributed by atoms with van der Waals surface area (Å²) in [6.07, 6.45) is 0.883. The molecule has 2 unspecified atom stereocenters. The summed E-state index contributed by atoms with van der Waals surface area (Å²) in [5.74, 6) is 0.161. The number of carbonyl (C=O) groups excluding carboxylic acids is 2. The Hall–Kier alpha value is -1.06. The first kappa shape index (κ1) is 12.0. The van der Waals surface area contributed by atoms with Crippen molar-refractivity contribution in [1.82, 2.24) is 10.2 Å². The lowest BCUT2D eigenvalue weighted by Gasteiger charge is -2.38. The molecular weight excluding hydrogens is 192 g/mol. The fourth-order valence-electron chi connectivity index (χ4n) is 1.84. The fourth-order valence-corrected chi connectivity index (χ4v) is 1.84. The van der Waals surface area contributed by atoms with Gasteiger partial charge in [0.1, 0.15) is 12.1 Å². The normalized spacial score (nSPS) is 27.1. The first-order valence-electron chi connectivity index (χ1n) is 5.59. The van der Waals surface area contributed by atoms with Gasteiger partial charge in [-0.3, -0.25) is 9.59 Å². The first-order chi connectivity index (χ1) is 6.99. The highest BCUT2D eigenvalue weighted by Gasteiger charge is 2.38. The van der Waals surface area contributed by atoms with E-state index < -0.39 is 0 Å². The van der Waals surface area contributed by atoms with Crippen LogP contribution in [0.2, 0.25) is 0 Å². The summed E-state index contributed by atoms with van der Waals surface area (Å²) in [6.45, 7) is 8.35. The van der Waals surface area contributed by atoms with Gasteiger partial charge in [0, 0.05) is 6.54 Å². The van der Waals surface area contributed by atoms with Crippen molar-refractivity contribution in [3.8, 4) is 0 Å². The van der Waals surface area contributed by atoms with Crippen molar-refractivity contribution in [1.29, 1.82) is 0 Å². The SMILES string of the molecule is CCCN1C(=O)C(C(C)C)NC(=O)C1C. The lowest BCUT2D eigenvalue weighted by atomic mass is 9.98. The average molecular weight is 212 g/mol. The number of rotatable bonds is 3. The molecule has 86 valence electrons. The largest absolute Gasteiger partial charge is 0.342 e. The third kappa shape index (κ3) is 2.30. The summed E-state index contributed by atoms with van der Waals surface area (Å²) in [4.78, 5) is 25.3. The van der Waals surface area contributed by atoms with Gasteiger partial charge in [0.25, 0.3) is 0 Å². The number of hydrogen-bond acceptors (Lipinski definition) is 2. The molecule has 1 heterocycles. The van der Waals surface area contributed by atoms with Gasteiger partial charge in [-0.15, -0.1) is 0 Å². The molecule has 2 amide bonds. The zero-order valence-corrected chi connectivity index (χ0v) is 9.91. The van der Waals surface area contributed by atoms with E-state index in [1.54, 1.807) is 11.8 Å². The van der Waals surface area contributed by atoms with E-state index in [2.05, 4.69) is 5.32 Å². The monoisotopic (exact) mass is 212 g/mol. The van der Waals surface area contributed by atoms with E-state index in [0.29, 0.717) is 6.54 Å². The number of hydrogen-bond donors (Lipinski definition) is 1. The molecule has 0 aliphatic carbocycles. The lowest BCUT2D eigenvalue weighted by Crippen LogP contribution is -2.63. The molecule has 4 heteroatoms. The molecule has 2 atom stereocenters. The van der Waals surface area contributed by atoms with Crippen LogP contribution < -0.4 is 5.32 Å². The van der Waals surface area contributed by atoms with Gasteiger partial charge in [-0.1, -0.05) is 20.8 Å². The zero-order valence-electron chi connectivity index (χ0n) is 9.91. The molecular formula is C11H20N2O2. The number of nitrogens with one attached hydrogen (secondary N) is 1. The van der Waals surface area contributed by atoms with Crippen LogP contribution in [0, 0.1) is 5.92 Å². The molecule has 0 aromatic carbocycles. The second-order valence-corrected chi connectivity index (χ2v) is 4.44. The maximum Gasteiger partial charge on any atom is 0.246 e. The van der Waals surface area contributed by atoms with E-state index in [0.717, 1.165) is 6.42 Å². The average Bonchev–Trinajstić information content (AvgIpc) is 2.18. The van der Waals surface area contributed by atoms with Crippen molar-refractivity contribution >= 4 is 11.8 Å². The molecule has 1 aliphatic heterocycles. The van der Waals surface area contributed by atoms with Crippen molar-refractivity contribution in [3.63, 3.8) is 0 Å². The second-order valence-electron chi connectivity index (χ2n) is 4.44. The summed E-state index contributed by atoms with van der Waals surface area (Å²) < 4.78 is 0. The molecule has 4 nitrogen and oxygen atoms in total. The van der Waals surface area contributed by atoms with Crippen LogP contribution in [0.3, 0.4) is 0 Å². The molecule has 0 radical (unpaired) electrons. The molecule has 0 bridgehead atoms. The Balaban J connectivity index is 2.84. The Kier molecular flexibility index (Phi) is 3.72. The van der Waals surface area contributed by atoms with Gasteiger partial charge in [-0.05, 0) is 19.3 Å². The van der Waals surface area contributed by atoms with Gasteiger partial charge in [-0.2, -0.15) is 0 Å². The Morgan fingerprint density at radius 1 is 1.40 bits per heavy atom. The smallest absolute Gasteiger partial charge is 0.246 e. The highest BCUT2D eigenvalue weighted by molar-refractivity contribution is 5.96. The van der Waals surface area contributed by atoms with Crippen LogP contribution in [-0.4, -0.2) is 35.3 Å². The molecule has 1 N–H and O–H groups in total. The van der Waals surface area contributed by atoms with Crippen LogP contribution in [-0.2, 0) is 9.59 Å². The molecule has 15 heavy (non-hydrogen) atoms. The number of piperazine rings is 1. The van der Waals surface area contributed by atoms with Crippen LogP contribution in [0.4, 0.5) is 0 Å². The van der Waals surface area contributed by atoms with E-state index in [1.165, 1.54) is 0 Å². The lowest BCUT2D eigenvalue weighted by molar-refractivity contribution is -0.149. The van der Waals surface area contributed by atoms with Crippen molar-refractivity contribution in [2.75, 3.05) is 6.54 Å². The maximum absolute atomic E-state index is 12.0. The van der Waals surface area contributed by atoms with Crippen LogP contribution in [0.15, 0.2) is 0 Å². The minimum atomic E-state index is -0.347.